The van der Waals surface area contributed by atoms with Crippen molar-refractivity contribution < 1.29 is 24.5 Å². The maximum absolute atomic E-state index is 12.5. The Bertz CT molecular complexity index is 1170. The molecule has 0 aliphatic carbocycles. The van der Waals surface area contributed by atoms with E-state index in [0.717, 1.165) is 38.5 Å². The normalized spacial score (nSPS) is 12.6. The highest BCUT2D eigenvalue weighted by molar-refractivity contribution is 5.76. The number of rotatable bonds is 64. The second kappa shape index (κ2) is 64.9. The topological polar surface area (TPSA) is 95.9 Å². The van der Waals surface area contributed by atoms with Gasteiger partial charge in [0.15, 0.2) is 0 Å². The van der Waals surface area contributed by atoms with Crippen LogP contribution < -0.4 is 5.32 Å². The monoisotopic (exact) mass is 1060 g/mol. The van der Waals surface area contributed by atoms with Crippen LogP contribution >= 0.6 is 0 Å². The van der Waals surface area contributed by atoms with Crippen LogP contribution in [0.3, 0.4) is 0 Å². The summed E-state index contributed by atoms with van der Waals surface area (Å²) in [7, 11) is 0. The molecule has 3 N–H and O–H groups in total. The molecular formula is C69H133NO5. The summed E-state index contributed by atoms with van der Waals surface area (Å²) in [4.78, 5) is 24.6. The quantitative estimate of drug-likeness (QED) is 0.0320. The van der Waals surface area contributed by atoms with Gasteiger partial charge in [-0.1, -0.05) is 314 Å². The second-order valence-electron chi connectivity index (χ2n) is 23.5. The highest BCUT2D eigenvalue weighted by Crippen LogP contribution is 2.18. The molecule has 75 heavy (non-hydrogen) atoms. The third kappa shape index (κ3) is 61.4. The molecular weight excluding hydrogens is 923 g/mol. The van der Waals surface area contributed by atoms with Crippen molar-refractivity contribution in [3.8, 4) is 0 Å². The minimum absolute atomic E-state index is 0.0159. The van der Waals surface area contributed by atoms with E-state index in [1.165, 1.54) is 308 Å². The van der Waals surface area contributed by atoms with Gasteiger partial charge < -0.3 is 20.3 Å². The van der Waals surface area contributed by atoms with Crippen LogP contribution in [0.25, 0.3) is 0 Å². The Kier molecular flexibility index (Phi) is 63.4. The highest BCUT2D eigenvalue weighted by atomic mass is 16.5. The SMILES string of the molecule is CCCCCCCC/C=C\CCCCCCCCCCCC(=O)OCCCCCCCCCCCCCC/C=C\CCCCCCCCCCCCCCC(=O)NC(CO)C(O)CCCCCCCCCCCCC. The van der Waals surface area contributed by atoms with E-state index in [4.69, 9.17) is 4.74 Å². The summed E-state index contributed by atoms with van der Waals surface area (Å²) in [5.74, 6) is -0.0184. The first-order valence-corrected chi connectivity index (χ1v) is 34.1. The van der Waals surface area contributed by atoms with Gasteiger partial charge in [0.25, 0.3) is 0 Å². The average Bonchev–Trinajstić information content (AvgIpc) is 3.41. The lowest BCUT2D eigenvalue weighted by Crippen LogP contribution is -2.45. The Labute approximate surface area is 469 Å². The van der Waals surface area contributed by atoms with Crippen LogP contribution in [0.5, 0.6) is 0 Å². The number of amides is 1. The van der Waals surface area contributed by atoms with Gasteiger partial charge in [0, 0.05) is 12.8 Å². The van der Waals surface area contributed by atoms with E-state index in [1.807, 2.05) is 0 Å². The number of carbonyl (C=O) groups is 2. The zero-order chi connectivity index (χ0) is 54.3. The van der Waals surface area contributed by atoms with Gasteiger partial charge in [0.1, 0.15) is 0 Å². The summed E-state index contributed by atoms with van der Waals surface area (Å²) in [5.41, 5.74) is 0. The molecule has 0 aromatic carbocycles. The predicted molar refractivity (Wildman–Crippen MR) is 329 cm³/mol. The highest BCUT2D eigenvalue weighted by Gasteiger charge is 2.20. The molecule has 0 aliphatic rings. The minimum atomic E-state index is -0.662. The zero-order valence-corrected chi connectivity index (χ0v) is 50.8. The zero-order valence-electron chi connectivity index (χ0n) is 50.8. The summed E-state index contributed by atoms with van der Waals surface area (Å²) < 4.78 is 5.51. The fourth-order valence-corrected chi connectivity index (χ4v) is 10.7. The molecule has 0 rings (SSSR count). The van der Waals surface area contributed by atoms with E-state index in [2.05, 4.69) is 43.5 Å². The smallest absolute Gasteiger partial charge is 0.305 e. The van der Waals surface area contributed by atoms with Crippen LogP contribution in [0, 0.1) is 0 Å². The van der Waals surface area contributed by atoms with Crippen molar-refractivity contribution in [1.82, 2.24) is 5.32 Å². The Morgan fingerprint density at radius 1 is 0.360 bits per heavy atom. The lowest BCUT2D eigenvalue weighted by molar-refractivity contribution is -0.143. The van der Waals surface area contributed by atoms with Crippen LogP contribution in [0.2, 0.25) is 0 Å². The maximum atomic E-state index is 12.5. The first kappa shape index (κ1) is 73.3. The molecule has 0 heterocycles. The van der Waals surface area contributed by atoms with Crippen LogP contribution in [-0.4, -0.2) is 47.4 Å². The molecule has 1 amide bonds. The Morgan fingerprint density at radius 2 is 0.627 bits per heavy atom. The summed E-state index contributed by atoms with van der Waals surface area (Å²) in [6, 6.07) is -0.540. The molecule has 0 aliphatic heterocycles. The predicted octanol–water partition coefficient (Wildman–Crippen LogP) is 21.8. The molecule has 2 unspecified atom stereocenters. The van der Waals surface area contributed by atoms with Crippen LogP contribution in [-0.2, 0) is 14.3 Å². The van der Waals surface area contributed by atoms with Gasteiger partial charge in [-0.3, -0.25) is 9.59 Å². The molecule has 0 saturated carbocycles. The molecule has 444 valence electrons. The third-order valence-corrected chi connectivity index (χ3v) is 16.0. The number of unbranched alkanes of at least 4 members (excludes halogenated alkanes) is 49. The van der Waals surface area contributed by atoms with Gasteiger partial charge in [0.05, 0.1) is 25.4 Å². The molecule has 0 saturated heterocycles. The summed E-state index contributed by atoms with van der Waals surface area (Å²) in [6.45, 7) is 4.96. The van der Waals surface area contributed by atoms with Crippen molar-refractivity contribution in [1.29, 1.82) is 0 Å². The fraction of sp³-hybridized carbons (Fsp3) is 0.913. The van der Waals surface area contributed by atoms with Gasteiger partial charge in [-0.25, -0.2) is 0 Å². The number of hydrogen-bond donors (Lipinski definition) is 3. The number of aliphatic hydroxyl groups is 2. The molecule has 0 aromatic heterocycles. The standard InChI is InChI=1S/C69H133NO5/c1-3-5-7-9-11-13-15-16-17-18-29-33-36-39-43-47-51-55-59-63-69(74)75-64-60-56-52-48-44-40-37-34-31-28-26-24-22-20-19-21-23-25-27-30-32-35-38-42-46-50-54-58-62-68(73)70-66(65-71)67(72)61-57-53-49-45-41-14-12-10-8-6-4-2/h16-17,19-20,66-67,71-72H,3-15,18,21-65H2,1-2H3,(H,70,73)/b17-16-,20-19-. The van der Waals surface area contributed by atoms with Crippen molar-refractivity contribution >= 4 is 11.9 Å². The first-order chi connectivity index (χ1) is 37.0. The molecule has 0 aromatic rings. The number of aliphatic hydroxyl groups excluding tert-OH is 2. The molecule has 6 nitrogen and oxygen atoms in total. The molecule has 0 bridgehead atoms. The van der Waals surface area contributed by atoms with E-state index in [9.17, 15) is 19.8 Å². The molecule has 0 spiro atoms. The summed E-state index contributed by atoms with van der Waals surface area (Å²) in [6.07, 6.45) is 80.8. The van der Waals surface area contributed by atoms with Crippen molar-refractivity contribution in [2.24, 2.45) is 0 Å². The summed E-state index contributed by atoms with van der Waals surface area (Å²) >= 11 is 0. The Hall–Kier alpha value is -1.66. The Balaban J connectivity index is 3.34. The number of hydrogen-bond acceptors (Lipinski definition) is 5. The third-order valence-electron chi connectivity index (χ3n) is 16.0. The van der Waals surface area contributed by atoms with Gasteiger partial charge >= 0.3 is 5.97 Å². The van der Waals surface area contributed by atoms with Crippen LogP contribution in [0.4, 0.5) is 0 Å². The first-order valence-electron chi connectivity index (χ1n) is 34.1. The van der Waals surface area contributed by atoms with E-state index < -0.39 is 12.1 Å². The number of esters is 1. The molecule has 0 fully saturated rings. The van der Waals surface area contributed by atoms with Crippen molar-refractivity contribution in [2.75, 3.05) is 13.2 Å². The van der Waals surface area contributed by atoms with Crippen molar-refractivity contribution in [3.05, 3.63) is 24.3 Å². The second-order valence-corrected chi connectivity index (χ2v) is 23.5. The maximum Gasteiger partial charge on any atom is 0.305 e. The van der Waals surface area contributed by atoms with E-state index in [1.54, 1.807) is 0 Å². The lowest BCUT2D eigenvalue weighted by Gasteiger charge is -2.22. The Morgan fingerprint density at radius 3 is 0.947 bits per heavy atom. The number of nitrogens with one attached hydrogen (secondary N) is 1. The minimum Gasteiger partial charge on any atom is -0.466 e. The van der Waals surface area contributed by atoms with Crippen LogP contribution in [0.15, 0.2) is 24.3 Å². The van der Waals surface area contributed by atoms with E-state index in [-0.39, 0.29) is 18.5 Å². The number of allylic oxidation sites excluding steroid dienone is 4. The summed E-state index contributed by atoms with van der Waals surface area (Å²) in [5, 5.41) is 23.2. The lowest BCUT2D eigenvalue weighted by atomic mass is 10.0. The van der Waals surface area contributed by atoms with Crippen molar-refractivity contribution in [3.63, 3.8) is 0 Å². The molecule has 2 atom stereocenters. The van der Waals surface area contributed by atoms with Crippen LogP contribution in [0.1, 0.15) is 380 Å². The van der Waals surface area contributed by atoms with E-state index >= 15 is 0 Å². The fourth-order valence-electron chi connectivity index (χ4n) is 10.7. The van der Waals surface area contributed by atoms with E-state index in [0.29, 0.717) is 25.9 Å². The van der Waals surface area contributed by atoms with Gasteiger partial charge in [-0.05, 0) is 77.0 Å². The largest absolute Gasteiger partial charge is 0.466 e. The number of carbonyl (C=O) groups excluding carboxylic acids is 2. The molecule has 0 radical (unpaired) electrons. The van der Waals surface area contributed by atoms with Gasteiger partial charge in [0.2, 0.25) is 5.91 Å². The number of ether oxygens (including phenoxy) is 1. The van der Waals surface area contributed by atoms with Gasteiger partial charge in [-0.15, -0.1) is 0 Å². The molecule has 6 heteroatoms. The van der Waals surface area contributed by atoms with Crippen molar-refractivity contribution in [2.45, 2.75) is 392 Å². The van der Waals surface area contributed by atoms with Gasteiger partial charge in [-0.2, -0.15) is 0 Å². The average molecular weight is 1060 g/mol.